The zero-order valence-corrected chi connectivity index (χ0v) is 19.6. The van der Waals surface area contributed by atoms with Gasteiger partial charge in [0.1, 0.15) is 11.8 Å². The van der Waals surface area contributed by atoms with E-state index >= 15 is 0 Å². The quantitative estimate of drug-likeness (QED) is 0.530. The number of amides is 2. The summed E-state index contributed by atoms with van der Waals surface area (Å²) in [6, 6.07) is 14.6. The van der Waals surface area contributed by atoms with Gasteiger partial charge in [-0.2, -0.15) is 0 Å². The number of ether oxygens (including phenoxy) is 1. The number of halogens is 1. The lowest BCUT2D eigenvalue weighted by molar-refractivity contribution is -0.141. The Morgan fingerprint density at radius 2 is 1.84 bits per heavy atom. The van der Waals surface area contributed by atoms with Crippen molar-refractivity contribution in [2.45, 2.75) is 65.1 Å². The molecule has 31 heavy (non-hydrogen) atoms. The molecule has 0 unspecified atom stereocenters. The van der Waals surface area contributed by atoms with Gasteiger partial charge >= 0.3 is 0 Å². The van der Waals surface area contributed by atoms with Crippen molar-refractivity contribution in [3.63, 3.8) is 0 Å². The molecule has 0 bridgehead atoms. The summed E-state index contributed by atoms with van der Waals surface area (Å²) in [6.45, 7) is 6.26. The minimum absolute atomic E-state index is 0.0541. The van der Waals surface area contributed by atoms with Crippen molar-refractivity contribution in [3.8, 4) is 5.75 Å². The van der Waals surface area contributed by atoms with Crippen molar-refractivity contribution >= 4 is 23.4 Å². The van der Waals surface area contributed by atoms with Gasteiger partial charge in [-0.15, -0.1) is 0 Å². The first-order valence-electron chi connectivity index (χ1n) is 10.9. The van der Waals surface area contributed by atoms with Crippen molar-refractivity contribution in [2.24, 2.45) is 0 Å². The maximum absolute atomic E-state index is 13.3. The number of carbonyl (C=O) groups excluding carboxylic acids is 2. The second-order valence-corrected chi connectivity index (χ2v) is 8.11. The van der Waals surface area contributed by atoms with Crippen molar-refractivity contribution in [2.75, 3.05) is 7.11 Å². The molecule has 0 radical (unpaired) electrons. The van der Waals surface area contributed by atoms with Gasteiger partial charge in [-0.25, -0.2) is 0 Å². The maximum Gasteiger partial charge on any atom is 0.243 e. The normalized spacial score (nSPS) is 12.7. The molecule has 1 N–H and O–H groups in total. The van der Waals surface area contributed by atoms with Crippen LogP contribution in [-0.2, 0) is 22.6 Å². The molecule has 0 heterocycles. The van der Waals surface area contributed by atoms with E-state index in [1.165, 1.54) is 0 Å². The van der Waals surface area contributed by atoms with Gasteiger partial charge in [0.2, 0.25) is 11.8 Å². The van der Waals surface area contributed by atoms with Gasteiger partial charge < -0.3 is 15.0 Å². The van der Waals surface area contributed by atoms with Crippen LogP contribution in [0.15, 0.2) is 48.5 Å². The Bertz CT molecular complexity index is 871. The number of rotatable bonds is 11. The van der Waals surface area contributed by atoms with E-state index < -0.39 is 6.04 Å². The highest BCUT2D eigenvalue weighted by Crippen LogP contribution is 2.21. The van der Waals surface area contributed by atoms with Crippen molar-refractivity contribution in [1.82, 2.24) is 10.2 Å². The fourth-order valence-electron chi connectivity index (χ4n) is 3.41. The van der Waals surface area contributed by atoms with Gasteiger partial charge in [0.15, 0.2) is 0 Å². The second kappa shape index (κ2) is 12.4. The fraction of sp³-hybridized carbons (Fsp3) is 0.440. The van der Waals surface area contributed by atoms with Crippen LogP contribution in [-0.4, -0.2) is 35.9 Å². The largest absolute Gasteiger partial charge is 0.497 e. The molecule has 0 aromatic heterocycles. The van der Waals surface area contributed by atoms with Crippen molar-refractivity contribution < 1.29 is 14.3 Å². The van der Waals surface area contributed by atoms with Crippen LogP contribution in [0.2, 0.25) is 5.02 Å². The third-order valence-electron chi connectivity index (χ3n) is 5.44. The van der Waals surface area contributed by atoms with E-state index in [0.29, 0.717) is 24.4 Å². The standard InChI is InChI=1S/C25H33ClN2O3/c1-5-18(3)27-25(30)23(6-2)28(17-19-10-9-12-21(16-19)31-4)24(29)15-14-20-11-7-8-13-22(20)26/h7-13,16,18,23H,5-6,14-15,17H2,1-4H3,(H,27,30)/t18-,23+/m1/s1. The minimum Gasteiger partial charge on any atom is -0.497 e. The molecule has 168 valence electrons. The van der Waals surface area contributed by atoms with Crippen molar-refractivity contribution in [3.05, 3.63) is 64.7 Å². The maximum atomic E-state index is 13.3. The highest BCUT2D eigenvalue weighted by Gasteiger charge is 2.29. The molecule has 0 aliphatic heterocycles. The Balaban J connectivity index is 2.25. The van der Waals surface area contributed by atoms with Gasteiger partial charge in [0.05, 0.1) is 7.11 Å². The molecule has 2 rings (SSSR count). The SMILES string of the molecule is CC[C@@H](C)NC(=O)[C@H](CC)N(Cc1cccc(OC)c1)C(=O)CCc1ccccc1Cl. The first kappa shape index (κ1) is 24.7. The molecule has 2 amide bonds. The molecule has 2 aromatic carbocycles. The summed E-state index contributed by atoms with van der Waals surface area (Å²) in [7, 11) is 1.61. The molecule has 6 heteroatoms. The molecule has 0 saturated heterocycles. The molecule has 0 saturated carbocycles. The molecule has 5 nitrogen and oxygen atoms in total. The van der Waals surface area contributed by atoms with Crippen LogP contribution in [0.1, 0.15) is 51.2 Å². The first-order valence-corrected chi connectivity index (χ1v) is 11.2. The van der Waals surface area contributed by atoms with E-state index in [-0.39, 0.29) is 24.3 Å². The van der Waals surface area contributed by atoms with Gasteiger partial charge in [0, 0.05) is 24.0 Å². The van der Waals surface area contributed by atoms with Crippen LogP contribution >= 0.6 is 11.6 Å². The topological polar surface area (TPSA) is 58.6 Å². The van der Waals surface area contributed by atoms with E-state index in [1.54, 1.807) is 12.0 Å². The van der Waals surface area contributed by atoms with Crippen LogP contribution < -0.4 is 10.1 Å². The Morgan fingerprint density at radius 3 is 2.48 bits per heavy atom. The zero-order valence-electron chi connectivity index (χ0n) is 18.9. The first-order chi connectivity index (χ1) is 14.9. The van der Waals surface area contributed by atoms with Crippen LogP contribution in [0.4, 0.5) is 0 Å². The average Bonchev–Trinajstić information content (AvgIpc) is 2.78. The fourth-order valence-corrected chi connectivity index (χ4v) is 3.64. The number of benzene rings is 2. The molecule has 0 aliphatic rings. The smallest absolute Gasteiger partial charge is 0.243 e. The molecule has 2 aromatic rings. The molecule has 0 fully saturated rings. The van der Waals surface area contributed by atoms with Gasteiger partial charge in [-0.05, 0) is 55.5 Å². The summed E-state index contributed by atoms with van der Waals surface area (Å²) in [5.41, 5.74) is 1.84. The van der Waals surface area contributed by atoms with Gasteiger partial charge in [-0.1, -0.05) is 55.8 Å². The third kappa shape index (κ3) is 7.28. The van der Waals surface area contributed by atoms with E-state index in [1.807, 2.05) is 69.3 Å². The predicted molar refractivity (Wildman–Crippen MR) is 125 cm³/mol. The summed E-state index contributed by atoms with van der Waals surface area (Å²) in [5, 5.41) is 3.68. The van der Waals surface area contributed by atoms with Crippen LogP contribution in [0.25, 0.3) is 0 Å². The van der Waals surface area contributed by atoms with E-state index in [2.05, 4.69) is 5.32 Å². The number of hydrogen-bond acceptors (Lipinski definition) is 3. The van der Waals surface area contributed by atoms with Crippen LogP contribution in [0, 0.1) is 0 Å². The third-order valence-corrected chi connectivity index (χ3v) is 5.81. The second-order valence-electron chi connectivity index (χ2n) is 7.71. The number of aryl methyl sites for hydroxylation is 1. The summed E-state index contributed by atoms with van der Waals surface area (Å²) < 4.78 is 5.32. The number of methoxy groups -OCH3 is 1. The molecule has 2 atom stereocenters. The van der Waals surface area contributed by atoms with E-state index in [4.69, 9.17) is 16.3 Å². The monoisotopic (exact) mass is 444 g/mol. The van der Waals surface area contributed by atoms with E-state index in [0.717, 1.165) is 23.3 Å². The Morgan fingerprint density at radius 1 is 1.10 bits per heavy atom. The average molecular weight is 445 g/mol. The lowest BCUT2D eigenvalue weighted by atomic mass is 10.1. The Kier molecular flexibility index (Phi) is 9.86. The Labute approximate surface area is 190 Å². The van der Waals surface area contributed by atoms with E-state index in [9.17, 15) is 9.59 Å². The van der Waals surface area contributed by atoms with Crippen LogP contribution in [0.5, 0.6) is 5.75 Å². The summed E-state index contributed by atoms with van der Waals surface area (Å²) in [4.78, 5) is 28.0. The predicted octanol–water partition coefficient (Wildman–Crippen LogP) is 5.00. The van der Waals surface area contributed by atoms with Gasteiger partial charge in [-0.3, -0.25) is 9.59 Å². The number of carbonyl (C=O) groups is 2. The minimum atomic E-state index is -0.543. The van der Waals surface area contributed by atoms with Gasteiger partial charge in [0.25, 0.3) is 0 Å². The Hall–Kier alpha value is -2.53. The molecular formula is C25H33ClN2O3. The highest BCUT2D eigenvalue weighted by molar-refractivity contribution is 6.31. The lowest BCUT2D eigenvalue weighted by Crippen LogP contribution is -2.50. The summed E-state index contributed by atoms with van der Waals surface area (Å²) in [5.74, 6) is 0.526. The highest BCUT2D eigenvalue weighted by atomic mass is 35.5. The number of nitrogens with one attached hydrogen (secondary N) is 1. The number of nitrogens with zero attached hydrogens (tertiary/aromatic N) is 1. The zero-order chi connectivity index (χ0) is 22.8. The summed E-state index contributed by atoms with van der Waals surface area (Å²) >= 11 is 6.26. The van der Waals surface area contributed by atoms with Crippen LogP contribution in [0.3, 0.4) is 0 Å². The summed E-state index contributed by atoms with van der Waals surface area (Å²) in [6.07, 6.45) is 2.17. The molecule has 0 spiro atoms. The lowest BCUT2D eigenvalue weighted by Gasteiger charge is -2.31. The number of hydrogen-bond donors (Lipinski definition) is 1. The molecule has 0 aliphatic carbocycles. The van der Waals surface area contributed by atoms with Crippen molar-refractivity contribution in [1.29, 1.82) is 0 Å². The molecular weight excluding hydrogens is 412 g/mol.